The van der Waals surface area contributed by atoms with Gasteiger partial charge in [0.25, 0.3) is 0 Å². The van der Waals surface area contributed by atoms with Crippen molar-refractivity contribution in [2.45, 2.75) is 45.2 Å². The summed E-state index contributed by atoms with van der Waals surface area (Å²) in [6.45, 7) is 4.52. The highest BCUT2D eigenvalue weighted by atomic mass is 16.5. The zero-order chi connectivity index (χ0) is 12.3. The van der Waals surface area contributed by atoms with Crippen LogP contribution in [0.4, 0.5) is 0 Å². The fourth-order valence-electron chi connectivity index (χ4n) is 2.58. The molecular weight excluding hydrogens is 210 g/mol. The van der Waals surface area contributed by atoms with E-state index >= 15 is 0 Å². The maximum absolute atomic E-state index is 5.41. The molecule has 17 heavy (non-hydrogen) atoms. The Bertz CT molecular complexity index is 360. The van der Waals surface area contributed by atoms with Crippen molar-refractivity contribution in [3.8, 4) is 5.75 Å². The Labute approximate surface area is 104 Å². The third kappa shape index (κ3) is 2.81. The molecule has 0 aliphatic heterocycles. The van der Waals surface area contributed by atoms with Crippen LogP contribution in [-0.2, 0) is 0 Å². The van der Waals surface area contributed by atoms with Crippen molar-refractivity contribution < 1.29 is 4.74 Å². The van der Waals surface area contributed by atoms with Gasteiger partial charge in [0, 0.05) is 17.6 Å². The van der Waals surface area contributed by atoms with Gasteiger partial charge in [-0.3, -0.25) is 0 Å². The molecule has 1 saturated carbocycles. The third-order valence-corrected chi connectivity index (χ3v) is 3.98. The van der Waals surface area contributed by atoms with E-state index in [2.05, 4.69) is 31.3 Å². The van der Waals surface area contributed by atoms with Gasteiger partial charge in [-0.25, -0.2) is 0 Å². The maximum Gasteiger partial charge on any atom is 0.123 e. The van der Waals surface area contributed by atoms with E-state index in [-0.39, 0.29) is 0 Å². The largest absolute Gasteiger partial charge is 0.496 e. The van der Waals surface area contributed by atoms with Crippen LogP contribution in [-0.4, -0.2) is 13.2 Å². The van der Waals surface area contributed by atoms with E-state index in [4.69, 9.17) is 4.74 Å². The number of ether oxygens (including phenoxy) is 1. The molecule has 2 rings (SSSR count). The Morgan fingerprint density at radius 2 is 1.94 bits per heavy atom. The number of nitrogens with one attached hydrogen (secondary N) is 1. The summed E-state index contributed by atoms with van der Waals surface area (Å²) in [6.07, 6.45) is 4.17. The van der Waals surface area contributed by atoms with Gasteiger partial charge in [0.1, 0.15) is 5.75 Å². The van der Waals surface area contributed by atoms with Gasteiger partial charge >= 0.3 is 0 Å². The number of hydrogen-bond donors (Lipinski definition) is 1. The van der Waals surface area contributed by atoms with Crippen molar-refractivity contribution in [3.63, 3.8) is 0 Å². The number of methoxy groups -OCH3 is 1. The van der Waals surface area contributed by atoms with Gasteiger partial charge in [-0.2, -0.15) is 0 Å². The second kappa shape index (κ2) is 5.54. The molecule has 1 fully saturated rings. The Balaban J connectivity index is 2.00. The smallest absolute Gasteiger partial charge is 0.123 e. The van der Waals surface area contributed by atoms with E-state index in [9.17, 15) is 0 Å². The lowest BCUT2D eigenvalue weighted by atomic mass is 9.80. The molecule has 0 spiro atoms. The number of benzene rings is 1. The summed E-state index contributed by atoms with van der Waals surface area (Å²) in [7, 11) is 1.74. The standard InChI is InChI=1S/C15H23NO/c1-11(13-7-6-8-13)16-12(2)14-9-4-5-10-15(14)17-3/h4-5,9-13,16H,6-8H2,1-3H3. The SMILES string of the molecule is COc1ccccc1C(C)NC(C)C1CCC1. The molecule has 1 aliphatic carbocycles. The molecule has 0 bridgehead atoms. The molecule has 1 N–H and O–H groups in total. The average molecular weight is 233 g/mol. The lowest BCUT2D eigenvalue weighted by molar-refractivity contribution is 0.229. The Kier molecular flexibility index (Phi) is 4.06. The molecule has 2 atom stereocenters. The quantitative estimate of drug-likeness (QED) is 0.840. The van der Waals surface area contributed by atoms with Crippen LogP contribution >= 0.6 is 0 Å². The molecule has 1 aromatic rings. The van der Waals surface area contributed by atoms with Gasteiger partial charge in [0.15, 0.2) is 0 Å². The van der Waals surface area contributed by atoms with E-state index in [1.807, 2.05) is 12.1 Å². The maximum atomic E-state index is 5.41. The highest BCUT2D eigenvalue weighted by molar-refractivity contribution is 5.35. The third-order valence-electron chi connectivity index (χ3n) is 3.98. The lowest BCUT2D eigenvalue weighted by Gasteiger charge is -2.34. The van der Waals surface area contributed by atoms with Gasteiger partial charge in [0.05, 0.1) is 7.11 Å². The molecule has 2 nitrogen and oxygen atoms in total. The topological polar surface area (TPSA) is 21.3 Å². The zero-order valence-electron chi connectivity index (χ0n) is 11.1. The Morgan fingerprint density at radius 3 is 2.53 bits per heavy atom. The predicted molar refractivity (Wildman–Crippen MR) is 71.3 cm³/mol. The number of hydrogen-bond acceptors (Lipinski definition) is 2. The fraction of sp³-hybridized carbons (Fsp3) is 0.600. The molecule has 0 heterocycles. The monoisotopic (exact) mass is 233 g/mol. The van der Waals surface area contributed by atoms with Gasteiger partial charge in [-0.05, 0) is 38.7 Å². The molecule has 2 heteroatoms. The predicted octanol–water partition coefficient (Wildman–Crippen LogP) is 3.53. The Hall–Kier alpha value is -1.02. The van der Waals surface area contributed by atoms with Crippen LogP contribution in [0.2, 0.25) is 0 Å². The van der Waals surface area contributed by atoms with Crippen molar-refractivity contribution in [2.75, 3.05) is 7.11 Å². The fourth-order valence-corrected chi connectivity index (χ4v) is 2.58. The minimum Gasteiger partial charge on any atom is -0.496 e. The summed E-state index contributed by atoms with van der Waals surface area (Å²) >= 11 is 0. The summed E-state index contributed by atoms with van der Waals surface area (Å²) in [6, 6.07) is 9.21. The summed E-state index contributed by atoms with van der Waals surface area (Å²) < 4.78 is 5.41. The average Bonchev–Trinajstić information content (AvgIpc) is 2.26. The Morgan fingerprint density at radius 1 is 1.24 bits per heavy atom. The van der Waals surface area contributed by atoms with E-state index in [1.54, 1.807) is 7.11 Å². The summed E-state index contributed by atoms with van der Waals surface area (Å²) in [5, 5.41) is 3.69. The van der Waals surface area contributed by atoms with Crippen molar-refractivity contribution in [3.05, 3.63) is 29.8 Å². The molecule has 2 unspecified atom stereocenters. The van der Waals surface area contributed by atoms with Crippen molar-refractivity contribution in [2.24, 2.45) is 5.92 Å². The first-order chi connectivity index (χ1) is 8.22. The normalized spacial score (nSPS) is 19.5. The van der Waals surface area contributed by atoms with Crippen LogP contribution in [0, 0.1) is 5.92 Å². The van der Waals surface area contributed by atoms with Crippen LogP contribution in [0.15, 0.2) is 24.3 Å². The first-order valence-electron chi connectivity index (χ1n) is 6.61. The van der Waals surface area contributed by atoms with Gasteiger partial charge < -0.3 is 10.1 Å². The van der Waals surface area contributed by atoms with Crippen molar-refractivity contribution in [1.82, 2.24) is 5.32 Å². The van der Waals surface area contributed by atoms with Crippen molar-refractivity contribution in [1.29, 1.82) is 0 Å². The van der Waals surface area contributed by atoms with Crippen LogP contribution in [0.3, 0.4) is 0 Å². The van der Waals surface area contributed by atoms with Gasteiger partial charge in [-0.15, -0.1) is 0 Å². The molecule has 0 radical (unpaired) electrons. The van der Waals surface area contributed by atoms with Crippen LogP contribution in [0.1, 0.15) is 44.7 Å². The first kappa shape index (κ1) is 12.4. The minimum absolute atomic E-state index is 0.349. The second-order valence-corrected chi connectivity index (χ2v) is 5.11. The van der Waals surface area contributed by atoms with Gasteiger partial charge in [-0.1, -0.05) is 24.6 Å². The summed E-state index contributed by atoms with van der Waals surface area (Å²) in [4.78, 5) is 0. The summed E-state index contributed by atoms with van der Waals surface area (Å²) in [5.41, 5.74) is 1.25. The molecule has 1 aliphatic rings. The molecule has 1 aromatic carbocycles. The molecule has 0 amide bonds. The van der Waals surface area contributed by atoms with E-state index in [0.29, 0.717) is 12.1 Å². The number of rotatable bonds is 5. The van der Waals surface area contributed by atoms with E-state index < -0.39 is 0 Å². The number of para-hydroxylation sites is 1. The lowest BCUT2D eigenvalue weighted by Crippen LogP contribution is -2.38. The molecule has 0 saturated heterocycles. The second-order valence-electron chi connectivity index (χ2n) is 5.11. The van der Waals surface area contributed by atoms with Crippen LogP contribution in [0.5, 0.6) is 5.75 Å². The van der Waals surface area contributed by atoms with Crippen LogP contribution in [0.25, 0.3) is 0 Å². The first-order valence-corrected chi connectivity index (χ1v) is 6.61. The van der Waals surface area contributed by atoms with E-state index in [0.717, 1.165) is 11.7 Å². The zero-order valence-corrected chi connectivity index (χ0v) is 11.1. The highest BCUT2D eigenvalue weighted by Crippen LogP contribution is 2.31. The summed E-state index contributed by atoms with van der Waals surface area (Å²) in [5.74, 6) is 1.85. The molecule has 0 aromatic heterocycles. The highest BCUT2D eigenvalue weighted by Gasteiger charge is 2.25. The van der Waals surface area contributed by atoms with Crippen LogP contribution < -0.4 is 10.1 Å². The molecule has 94 valence electrons. The minimum atomic E-state index is 0.349. The van der Waals surface area contributed by atoms with Gasteiger partial charge in [0.2, 0.25) is 0 Å². The van der Waals surface area contributed by atoms with Crippen molar-refractivity contribution >= 4 is 0 Å². The molecular formula is C15H23NO. The van der Waals surface area contributed by atoms with E-state index in [1.165, 1.54) is 24.8 Å².